The number of hydrogen-bond donors (Lipinski definition) is 4. The number of carbonyl (C=O) groups is 1. The van der Waals surface area contributed by atoms with Crippen LogP contribution in [0.3, 0.4) is 0 Å². The molecule has 0 saturated carbocycles. The number of nitrogens with two attached hydrogens (primary N) is 1. The van der Waals surface area contributed by atoms with E-state index in [1.54, 1.807) is 0 Å². The molecule has 0 saturated heterocycles. The molecule has 0 aliphatic heterocycles. The van der Waals surface area contributed by atoms with E-state index in [1.165, 1.54) is 6.07 Å². The first-order valence-electron chi connectivity index (χ1n) is 5.63. The molecule has 5 N–H and O–H groups in total. The van der Waals surface area contributed by atoms with Crippen molar-refractivity contribution in [2.75, 3.05) is 24.2 Å². The molecule has 0 aliphatic rings. The molecule has 18 heavy (non-hydrogen) atoms. The Morgan fingerprint density at radius 3 is 2.78 bits per heavy atom. The molecule has 0 heterocycles. The Hall–Kier alpha value is -1.82. The van der Waals surface area contributed by atoms with Gasteiger partial charge in [-0.3, -0.25) is 0 Å². The minimum absolute atomic E-state index is 0.0696. The second-order valence-corrected chi connectivity index (χ2v) is 4.19. The minimum Gasteiger partial charge on any atom is -0.478 e. The number of nitrogen functional groups attached to an aromatic ring is 1. The van der Waals surface area contributed by atoms with E-state index in [4.69, 9.17) is 15.9 Å². The molecule has 5 nitrogen and oxygen atoms in total. The Morgan fingerprint density at radius 1 is 1.56 bits per heavy atom. The van der Waals surface area contributed by atoms with Gasteiger partial charge in [-0.2, -0.15) is 0 Å². The maximum Gasteiger partial charge on any atom is 0.340 e. The van der Waals surface area contributed by atoms with Crippen molar-refractivity contribution in [1.82, 2.24) is 0 Å². The molecule has 0 radical (unpaired) electrons. The smallest absolute Gasteiger partial charge is 0.340 e. The van der Waals surface area contributed by atoms with Crippen molar-refractivity contribution in [2.24, 2.45) is 5.92 Å². The van der Waals surface area contributed by atoms with Crippen molar-refractivity contribution in [1.29, 1.82) is 0 Å². The summed E-state index contributed by atoms with van der Waals surface area (Å²) in [4.78, 5) is 11.0. The first kappa shape index (κ1) is 14.2. The van der Waals surface area contributed by atoms with Crippen molar-refractivity contribution in [3.8, 4) is 0 Å². The number of aliphatic hydroxyl groups is 1. The quantitative estimate of drug-likeness (QED) is 0.579. The average molecular weight is 256 g/mol. The second kappa shape index (κ2) is 6.20. The maximum absolute atomic E-state index is 13.2. The van der Waals surface area contributed by atoms with Crippen molar-refractivity contribution in [2.45, 2.75) is 13.3 Å². The highest BCUT2D eigenvalue weighted by molar-refractivity contribution is 6.00. The summed E-state index contributed by atoms with van der Waals surface area (Å²) in [7, 11) is 0. The van der Waals surface area contributed by atoms with Crippen LogP contribution in [0.4, 0.5) is 15.8 Å². The molecule has 0 aromatic heterocycles. The fraction of sp³-hybridized carbons (Fsp3) is 0.417. The molecular formula is C12H17FN2O3. The Balaban J connectivity index is 2.89. The third kappa shape index (κ3) is 3.33. The van der Waals surface area contributed by atoms with E-state index in [2.05, 4.69) is 5.32 Å². The van der Waals surface area contributed by atoms with Crippen LogP contribution in [-0.4, -0.2) is 29.3 Å². The Kier molecular flexibility index (Phi) is 4.91. The van der Waals surface area contributed by atoms with E-state index in [-0.39, 0.29) is 29.5 Å². The lowest BCUT2D eigenvalue weighted by Gasteiger charge is -2.15. The van der Waals surface area contributed by atoms with E-state index in [9.17, 15) is 9.18 Å². The van der Waals surface area contributed by atoms with Crippen LogP contribution in [-0.2, 0) is 0 Å². The highest BCUT2D eigenvalue weighted by Crippen LogP contribution is 2.25. The SMILES string of the molecule is CC(CCO)CNc1ccc(F)c(N)c1C(=O)O. The number of halogens is 1. The normalized spacial score (nSPS) is 12.2. The Morgan fingerprint density at radius 2 is 2.22 bits per heavy atom. The van der Waals surface area contributed by atoms with E-state index < -0.39 is 11.8 Å². The van der Waals surface area contributed by atoms with Crippen molar-refractivity contribution in [3.05, 3.63) is 23.5 Å². The summed E-state index contributed by atoms with van der Waals surface area (Å²) in [5.41, 5.74) is 5.07. The van der Waals surface area contributed by atoms with Gasteiger partial charge in [0, 0.05) is 13.2 Å². The van der Waals surface area contributed by atoms with Crippen molar-refractivity contribution < 1.29 is 19.4 Å². The summed E-state index contributed by atoms with van der Waals surface area (Å²) in [5.74, 6) is -1.85. The molecule has 1 aromatic rings. The summed E-state index contributed by atoms with van der Waals surface area (Å²) in [5, 5.41) is 20.7. The molecule has 0 fully saturated rings. The fourth-order valence-electron chi connectivity index (χ4n) is 1.58. The van der Waals surface area contributed by atoms with E-state index in [0.29, 0.717) is 13.0 Å². The zero-order valence-electron chi connectivity index (χ0n) is 10.1. The van der Waals surface area contributed by atoms with Gasteiger partial charge >= 0.3 is 5.97 Å². The Labute approximate surface area is 104 Å². The highest BCUT2D eigenvalue weighted by atomic mass is 19.1. The molecule has 0 amide bonds. The summed E-state index contributed by atoms with van der Waals surface area (Å²) in [6, 6.07) is 2.47. The third-order valence-corrected chi connectivity index (χ3v) is 2.67. The third-order valence-electron chi connectivity index (χ3n) is 2.67. The average Bonchev–Trinajstić information content (AvgIpc) is 2.30. The van der Waals surface area contributed by atoms with Gasteiger partial charge in [-0.1, -0.05) is 6.92 Å². The summed E-state index contributed by atoms with van der Waals surface area (Å²) in [6.45, 7) is 2.46. The lowest BCUT2D eigenvalue weighted by atomic mass is 10.1. The largest absolute Gasteiger partial charge is 0.478 e. The molecule has 1 aromatic carbocycles. The van der Waals surface area contributed by atoms with E-state index in [0.717, 1.165) is 6.07 Å². The predicted octanol–water partition coefficient (Wildman–Crippen LogP) is 1.54. The molecule has 1 atom stereocenters. The lowest BCUT2D eigenvalue weighted by molar-refractivity contribution is 0.0698. The monoisotopic (exact) mass is 256 g/mol. The van der Waals surface area contributed by atoms with E-state index >= 15 is 0 Å². The zero-order chi connectivity index (χ0) is 13.7. The molecular weight excluding hydrogens is 239 g/mol. The number of aromatic carboxylic acids is 1. The molecule has 1 rings (SSSR count). The van der Waals surface area contributed by atoms with Crippen molar-refractivity contribution in [3.63, 3.8) is 0 Å². The van der Waals surface area contributed by atoms with Gasteiger partial charge in [0.05, 0.1) is 11.4 Å². The Bertz CT molecular complexity index is 438. The maximum atomic E-state index is 13.2. The van der Waals surface area contributed by atoms with Crippen LogP contribution in [0.2, 0.25) is 0 Å². The number of anilines is 2. The van der Waals surface area contributed by atoms with Crippen LogP contribution in [0, 0.1) is 11.7 Å². The van der Waals surface area contributed by atoms with Crippen LogP contribution in [0.5, 0.6) is 0 Å². The van der Waals surface area contributed by atoms with Crippen LogP contribution < -0.4 is 11.1 Å². The number of carboxylic acids is 1. The first-order valence-corrected chi connectivity index (χ1v) is 5.63. The molecule has 0 spiro atoms. The van der Waals surface area contributed by atoms with Gasteiger partial charge in [0.1, 0.15) is 11.4 Å². The van der Waals surface area contributed by atoms with Crippen LogP contribution in [0.25, 0.3) is 0 Å². The molecule has 0 aliphatic carbocycles. The van der Waals surface area contributed by atoms with Gasteiger partial charge in [0.15, 0.2) is 0 Å². The van der Waals surface area contributed by atoms with E-state index in [1.807, 2.05) is 6.92 Å². The van der Waals surface area contributed by atoms with Gasteiger partial charge in [-0.15, -0.1) is 0 Å². The standard InChI is InChI=1S/C12H17FN2O3/c1-7(4-5-16)6-15-9-3-2-8(13)11(14)10(9)12(17)18/h2-3,7,15-16H,4-6,14H2,1H3,(H,17,18). The second-order valence-electron chi connectivity index (χ2n) is 4.19. The van der Waals surface area contributed by atoms with Crippen LogP contribution in [0.15, 0.2) is 12.1 Å². The summed E-state index contributed by atoms with van der Waals surface area (Å²) in [6.07, 6.45) is 0.603. The molecule has 100 valence electrons. The van der Waals surface area contributed by atoms with Crippen LogP contribution in [0.1, 0.15) is 23.7 Å². The first-order chi connectivity index (χ1) is 8.47. The number of benzene rings is 1. The number of hydrogen-bond acceptors (Lipinski definition) is 4. The molecule has 6 heteroatoms. The molecule has 0 bridgehead atoms. The fourth-order valence-corrected chi connectivity index (χ4v) is 1.58. The number of nitrogens with one attached hydrogen (secondary N) is 1. The highest BCUT2D eigenvalue weighted by Gasteiger charge is 2.17. The van der Waals surface area contributed by atoms with Gasteiger partial charge < -0.3 is 21.3 Å². The summed E-state index contributed by atoms with van der Waals surface area (Å²) >= 11 is 0. The molecule has 1 unspecified atom stereocenters. The van der Waals surface area contributed by atoms with Crippen LogP contribution >= 0.6 is 0 Å². The van der Waals surface area contributed by atoms with Crippen molar-refractivity contribution >= 4 is 17.3 Å². The van der Waals surface area contributed by atoms with Gasteiger partial charge in [0.25, 0.3) is 0 Å². The number of aliphatic hydroxyl groups excluding tert-OH is 1. The zero-order valence-corrected chi connectivity index (χ0v) is 10.1. The lowest BCUT2D eigenvalue weighted by Crippen LogP contribution is -2.16. The topological polar surface area (TPSA) is 95.6 Å². The number of carboxylic acid groups (broad SMARTS) is 1. The van der Waals surface area contributed by atoms with Gasteiger partial charge in [0.2, 0.25) is 0 Å². The minimum atomic E-state index is -1.27. The van der Waals surface area contributed by atoms with Gasteiger partial charge in [-0.05, 0) is 24.5 Å². The number of rotatable bonds is 6. The predicted molar refractivity (Wildman–Crippen MR) is 67.1 cm³/mol. The summed E-state index contributed by atoms with van der Waals surface area (Å²) < 4.78 is 13.2. The van der Waals surface area contributed by atoms with Gasteiger partial charge in [-0.25, -0.2) is 9.18 Å².